The highest BCUT2D eigenvalue weighted by atomic mass is 31.2. The molecule has 0 fully saturated rings. The minimum absolute atomic E-state index is 0.193. The quantitative estimate of drug-likeness (QED) is 0.549. The average Bonchev–Trinajstić information content (AvgIpc) is 2.61. The number of pyridine rings is 1. The van der Waals surface area contributed by atoms with Crippen molar-refractivity contribution in [3.8, 4) is 5.75 Å². The predicted octanol–water partition coefficient (Wildman–Crippen LogP) is 5.08. The molecule has 0 radical (unpaired) electrons. The standard InChI is InChI=1S/C21H32N3O2P/c1-7-23-27(26,8-2)20(18-11-14(3)21(25)15(4)12-18)13-22-19-10-9-16(5)24-17(19)6/h9-12,20,22,25H,7-8,13H2,1-6H3,(H,23,26). The van der Waals surface area contributed by atoms with Gasteiger partial charge in [-0.2, -0.15) is 0 Å². The summed E-state index contributed by atoms with van der Waals surface area (Å²) in [6, 6.07) is 7.90. The zero-order chi connectivity index (χ0) is 20.2. The van der Waals surface area contributed by atoms with E-state index in [0.717, 1.165) is 33.8 Å². The van der Waals surface area contributed by atoms with Crippen LogP contribution in [0.15, 0.2) is 24.3 Å². The van der Waals surface area contributed by atoms with E-state index in [1.165, 1.54) is 0 Å². The second kappa shape index (κ2) is 8.90. The van der Waals surface area contributed by atoms with Crippen molar-refractivity contribution < 1.29 is 9.67 Å². The third-order valence-electron chi connectivity index (χ3n) is 5.01. The molecule has 1 aromatic heterocycles. The Kier molecular flexibility index (Phi) is 7.07. The van der Waals surface area contributed by atoms with Crippen molar-refractivity contribution in [2.24, 2.45) is 0 Å². The topological polar surface area (TPSA) is 74.2 Å². The van der Waals surface area contributed by atoms with Crippen LogP contribution >= 0.6 is 7.29 Å². The fourth-order valence-electron chi connectivity index (χ4n) is 3.48. The van der Waals surface area contributed by atoms with Gasteiger partial charge in [-0.3, -0.25) is 10.1 Å². The number of phenols is 1. The van der Waals surface area contributed by atoms with Crippen LogP contribution in [0.25, 0.3) is 0 Å². The Labute approximate surface area is 163 Å². The van der Waals surface area contributed by atoms with Gasteiger partial charge >= 0.3 is 0 Å². The van der Waals surface area contributed by atoms with Gasteiger partial charge in [0, 0.05) is 18.4 Å². The predicted molar refractivity (Wildman–Crippen MR) is 114 cm³/mol. The van der Waals surface area contributed by atoms with Gasteiger partial charge in [0.05, 0.1) is 17.0 Å². The Balaban J connectivity index is 2.42. The largest absolute Gasteiger partial charge is 0.507 e. The second-order valence-corrected chi connectivity index (χ2v) is 10.3. The van der Waals surface area contributed by atoms with Crippen LogP contribution in [0.2, 0.25) is 0 Å². The van der Waals surface area contributed by atoms with Crippen molar-refractivity contribution in [2.45, 2.75) is 47.2 Å². The number of hydrogen-bond donors (Lipinski definition) is 3. The van der Waals surface area contributed by atoms with Crippen LogP contribution in [0.1, 0.15) is 47.6 Å². The lowest BCUT2D eigenvalue weighted by Gasteiger charge is -2.29. The minimum Gasteiger partial charge on any atom is -0.507 e. The Hall–Kier alpha value is -1.84. The molecular weight excluding hydrogens is 357 g/mol. The van der Waals surface area contributed by atoms with Crippen LogP contribution in [-0.2, 0) is 4.57 Å². The minimum atomic E-state index is -2.66. The first kappa shape index (κ1) is 21.5. The molecule has 2 atom stereocenters. The molecule has 0 spiro atoms. The molecule has 6 heteroatoms. The molecule has 0 amide bonds. The molecule has 0 aliphatic heterocycles. The summed E-state index contributed by atoms with van der Waals surface area (Å²) in [5.74, 6) is 0.304. The Morgan fingerprint density at radius 2 is 1.74 bits per heavy atom. The molecule has 2 rings (SSSR count). The Morgan fingerprint density at radius 3 is 2.26 bits per heavy atom. The number of nitrogens with one attached hydrogen (secondary N) is 2. The van der Waals surface area contributed by atoms with Gasteiger partial charge < -0.3 is 15.0 Å². The van der Waals surface area contributed by atoms with Crippen molar-refractivity contribution in [1.29, 1.82) is 0 Å². The number of aromatic hydroxyl groups is 1. The summed E-state index contributed by atoms with van der Waals surface area (Å²) < 4.78 is 13.7. The fraction of sp³-hybridized carbons (Fsp3) is 0.476. The van der Waals surface area contributed by atoms with E-state index < -0.39 is 7.29 Å². The molecule has 0 aliphatic carbocycles. The Morgan fingerprint density at radius 1 is 1.11 bits per heavy atom. The van der Waals surface area contributed by atoms with Gasteiger partial charge in [-0.1, -0.05) is 26.0 Å². The smallest absolute Gasteiger partial charge is 0.156 e. The van der Waals surface area contributed by atoms with E-state index in [1.807, 2.05) is 65.8 Å². The summed E-state index contributed by atoms with van der Waals surface area (Å²) in [7, 11) is -2.66. The molecular formula is C21H32N3O2P. The van der Waals surface area contributed by atoms with Crippen LogP contribution in [0.4, 0.5) is 5.69 Å². The van der Waals surface area contributed by atoms with Crippen molar-refractivity contribution in [3.05, 3.63) is 52.3 Å². The molecule has 5 nitrogen and oxygen atoms in total. The van der Waals surface area contributed by atoms with Crippen LogP contribution in [0, 0.1) is 27.7 Å². The number of aromatic nitrogens is 1. The summed E-state index contributed by atoms with van der Waals surface area (Å²) >= 11 is 0. The SMILES string of the molecule is CCNP(=O)(CC)C(CNc1ccc(C)nc1C)c1cc(C)c(O)c(C)c1. The zero-order valence-corrected chi connectivity index (χ0v) is 18.2. The lowest BCUT2D eigenvalue weighted by Crippen LogP contribution is -2.23. The van der Waals surface area contributed by atoms with Crippen molar-refractivity contribution in [1.82, 2.24) is 10.1 Å². The number of nitrogens with zero attached hydrogens (tertiary/aromatic N) is 1. The van der Waals surface area contributed by atoms with Crippen LogP contribution < -0.4 is 10.4 Å². The number of hydrogen-bond acceptors (Lipinski definition) is 4. The lowest BCUT2D eigenvalue weighted by molar-refractivity contribution is 0.466. The van der Waals surface area contributed by atoms with Crippen LogP contribution in [0.5, 0.6) is 5.75 Å². The molecule has 0 saturated carbocycles. The van der Waals surface area contributed by atoms with Gasteiger partial charge in [-0.25, -0.2) is 0 Å². The van der Waals surface area contributed by atoms with Crippen LogP contribution in [-0.4, -0.2) is 29.3 Å². The molecule has 1 aromatic carbocycles. The first-order chi connectivity index (χ1) is 12.7. The maximum atomic E-state index is 13.7. The van der Waals surface area contributed by atoms with Crippen molar-refractivity contribution in [2.75, 3.05) is 24.6 Å². The number of rotatable bonds is 8. The molecule has 0 saturated heterocycles. The van der Waals surface area contributed by atoms with E-state index >= 15 is 0 Å². The van der Waals surface area contributed by atoms with E-state index in [1.54, 1.807) is 0 Å². The van der Waals surface area contributed by atoms with E-state index in [9.17, 15) is 9.67 Å². The molecule has 27 heavy (non-hydrogen) atoms. The third-order valence-corrected chi connectivity index (χ3v) is 8.29. The van der Waals surface area contributed by atoms with Crippen molar-refractivity contribution >= 4 is 13.0 Å². The third kappa shape index (κ3) is 4.91. The highest BCUT2D eigenvalue weighted by molar-refractivity contribution is 7.62. The maximum Gasteiger partial charge on any atom is 0.156 e. The summed E-state index contributed by atoms with van der Waals surface area (Å²) in [5, 5.41) is 16.8. The number of benzene rings is 1. The van der Waals surface area contributed by atoms with Gasteiger partial charge in [-0.05, 0) is 63.1 Å². The molecule has 0 bridgehead atoms. The first-order valence-corrected chi connectivity index (χ1v) is 11.5. The summed E-state index contributed by atoms with van der Waals surface area (Å²) in [5.41, 5.74) is 5.27. The van der Waals surface area contributed by atoms with Gasteiger partial charge in [0.15, 0.2) is 7.29 Å². The summed E-state index contributed by atoms with van der Waals surface area (Å²) in [6.45, 7) is 12.9. The Bertz CT molecular complexity index is 828. The highest BCUT2D eigenvalue weighted by Crippen LogP contribution is 2.55. The van der Waals surface area contributed by atoms with E-state index in [0.29, 0.717) is 25.0 Å². The van der Waals surface area contributed by atoms with Gasteiger partial charge in [0.1, 0.15) is 5.75 Å². The fourth-order valence-corrected chi connectivity index (χ4v) is 5.91. The van der Waals surface area contributed by atoms with E-state index in [4.69, 9.17) is 0 Å². The van der Waals surface area contributed by atoms with Crippen molar-refractivity contribution in [3.63, 3.8) is 0 Å². The second-order valence-electron chi connectivity index (χ2n) is 7.11. The van der Waals surface area contributed by atoms with Gasteiger partial charge in [0.2, 0.25) is 0 Å². The molecule has 1 heterocycles. The maximum absolute atomic E-state index is 13.7. The molecule has 2 aromatic rings. The number of aryl methyl sites for hydroxylation is 4. The normalized spacial score (nSPS) is 14.6. The molecule has 0 aliphatic rings. The summed E-state index contributed by atoms with van der Waals surface area (Å²) in [6.07, 6.45) is 0.567. The average molecular weight is 389 g/mol. The lowest BCUT2D eigenvalue weighted by atomic mass is 10.0. The van der Waals surface area contributed by atoms with E-state index in [2.05, 4.69) is 15.4 Å². The molecule has 148 valence electrons. The number of anilines is 1. The monoisotopic (exact) mass is 389 g/mol. The zero-order valence-electron chi connectivity index (χ0n) is 17.3. The van der Waals surface area contributed by atoms with E-state index in [-0.39, 0.29) is 5.66 Å². The van der Waals surface area contributed by atoms with Gasteiger partial charge in [0.25, 0.3) is 0 Å². The highest BCUT2D eigenvalue weighted by Gasteiger charge is 2.32. The molecule has 3 N–H and O–H groups in total. The van der Waals surface area contributed by atoms with Crippen LogP contribution in [0.3, 0.4) is 0 Å². The first-order valence-electron chi connectivity index (χ1n) is 9.54. The molecule has 2 unspecified atom stereocenters. The van der Waals surface area contributed by atoms with Gasteiger partial charge in [-0.15, -0.1) is 0 Å². The number of phenolic OH excluding ortho intramolecular Hbond substituents is 1. The summed E-state index contributed by atoms with van der Waals surface area (Å²) in [4.78, 5) is 4.50.